The van der Waals surface area contributed by atoms with Crippen LogP contribution in [-0.2, 0) is 0 Å². The molecule has 9 nitrogen and oxygen atoms in total. The molecular weight excluding hydrogens is 1030 g/mol. The zero-order chi connectivity index (χ0) is 61.2. The van der Waals surface area contributed by atoms with Gasteiger partial charge < -0.3 is 31.5 Å². The molecular formula is C75H149N5O4. The molecule has 0 radical (unpaired) electrons. The van der Waals surface area contributed by atoms with Crippen LogP contribution >= 0.6 is 0 Å². The first-order valence-corrected chi connectivity index (χ1v) is 37.9. The van der Waals surface area contributed by atoms with E-state index in [1.54, 1.807) is 0 Å². The van der Waals surface area contributed by atoms with Gasteiger partial charge in [0, 0.05) is 31.7 Å². The zero-order valence-electron chi connectivity index (χ0n) is 57.6. The van der Waals surface area contributed by atoms with Crippen molar-refractivity contribution in [2.24, 2.45) is 11.8 Å². The summed E-state index contributed by atoms with van der Waals surface area (Å²) in [5.74, 6) is 0.921. The van der Waals surface area contributed by atoms with Gasteiger partial charge in [-0.25, -0.2) is 0 Å². The lowest BCUT2D eigenvalue weighted by molar-refractivity contribution is 0.0936. The number of unbranched alkanes of at least 4 members (excludes halogenated alkanes) is 40. The molecule has 9 heteroatoms. The lowest BCUT2D eigenvalue weighted by Gasteiger charge is -2.31. The fraction of sp³-hybridized carbons (Fsp3) is 0.947. The zero-order valence-corrected chi connectivity index (χ0v) is 57.6. The Morgan fingerprint density at radius 3 is 1.13 bits per heavy atom. The van der Waals surface area contributed by atoms with Crippen molar-refractivity contribution in [1.82, 2.24) is 15.5 Å². The Morgan fingerprint density at radius 2 is 0.702 bits per heavy atom. The molecule has 0 spiro atoms. The maximum Gasteiger partial charge on any atom is 0.253 e. The predicted molar refractivity (Wildman–Crippen MR) is 373 cm³/mol. The Morgan fingerprint density at radius 1 is 0.369 bits per heavy atom. The van der Waals surface area contributed by atoms with E-state index in [1.807, 2.05) is 0 Å². The van der Waals surface area contributed by atoms with Gasteiger partial charge >= 0.3 is 0 Å². The van der Waals surface area contributed by atoms with Gasteiger partial charge in [-0.05, 0) is 96.8 Å². The third-order valence-electron chi connectivity index (χ3n) is 19.1. The van der Waals surface area contributed by atoms with Crippen LogP contribution in [0.1, 0.15) is 376 Å². The molecule has 84 heavy (non-hydrogen) atoms. The summed E-state index contributed by atoms with van der Waals surface area (Å²) in [6, 6.07) is 0.915. The maximum atomic E-state index is 13.0. The highest BCUT2D eigenvalue weighted by atomic mass is 16.3. The van der Waals surface area contributed by atoms with Gasteiger partial charge in [-0.15, -0.1) is 0 Å². The van der Waals surface area contributed by atoms with Crippen molar-refractivity contribution in [3.8, 4) is 0 Å². The molecule has 1 aromatic rings. The molecule has 0 amide bonds. The van der Waals surface area contributed by atoms with Gasteiger partial charge in [0.1, 0.15) is 11.4 Å². The second-order valence-electron chi connectivity index (χ2n) is 27.4. The summed E-state index contributed by atoms with van der Waals surface area (Å²) in [4.78, 5) is 28.5. The molecule has 6 N–H and O–H groups in total. The average molecular weight is 1190 g/mol. The molecule has 0 aliphatic rings. The van der Waals surface area contributed by atoms with Crippen molar-refractivity contribution < 1.29 is 10.2 Å². The molecule has 0 saturated heterocycles. The first-order chi connectivity index (χ1) is 41.1. The van der Waals surface area contributed by atoms with E-state index in [0.717, 1.165) is 64.7 Å². The monoisotopic (exact) mass is 1180 g/mol. The minimum Gasteiger partial charge on any atom is -0.391 e. The van der Waals surface area contributed by atoms with Gasteiger partial charge in [0.15, 0.2) is 0 Å². The van der Waals surface area contributed by atoms with E-state index in [1.165, 1.54) is 283 Å². The molecule has 0 bridgehead atoms. The van der Waals surface area contributed by atoms with E-state index < -0.39 is 23.1 Å². The quantitative estimate of drug-likeness (QED) is 0.0279. The minimum absolute atomic E-state index is 0.204. The first-order valence-electron chi connectivity index (χ1n) is 37.9. The normalized spacial score (nSPS) is 14.2. The molecule has 498 valence electrons. The lowest BCUT2D eigenvalue weighted by atomic mass is 9.81. The maximum absolute atomic E-state index is 13.0. The number of hydrogen-bond donors (Lipinski definition) is 6. The number of nitrogens with one attached hydrogen (secondary N) is 4. The largest absolute Gasteiger partial charge is 0.391 e. The highest BCUT2D eigenvalue weighted by Crippen LogP contribution is 2.29. The third kappa shape index (κ3) is 47.5. The second kappa shape index (κ2) is 60.4. The van der Waals surface area contributed by atoms with Gasteiger partial charge in [-0.2, -0.15) is 0 Å². The first kappa shape index (κ1) is 80.5. The Balaban J connectivity index is 2.72. The van der Waals surface area contributed by atoms with E-state index in [9.17, 15) is 19.8 Å². The van der Waals surface area contributed by atoms with Crippen LogP contribution in [0.15, 0.2) is 9.59 Å². The summed E-state index contributed by atoms with van der Waals surface area (Å²) in [5.41, 5.74) is -0.535. The van der Waals surface area contributed by atoms with Crippen molar-refractivity contribution in [2.75, 3.05) is 56.4 Å². The third-order valence-corrected chi connectivity index (χ3v) is 19.1. The van der Waals surface area contributed by atoms with E-state index in [-0.39, 0.29) is 24.5 Å². The molecule has 6 atom stereocenters. The Bertz CT molecular complexity index is 1570. The molecule has 0 aromatic heterocycles. The van der Waals surface area contributed by atoms with E-state index in [0.29, 0.717) is 36.9 Å². The van der Waals surface area contributed by atoms with Crippen LogP contribution in [0.5, 0.6) is 0 Å². The molecule has 1 aromatic carbocycles. The van der Waals surface area contributed by atoms with Crippen molar-refractivity contribution in [2.45, 2.75) is 400 Å². The summed E-state index contributed by atoms with van der Waals surface area (Å²) < 4.78 is 0. The number of aliphatic hydroxyl groups is 2. The molecule has 6 unspecified atom stereocenters. The van der Waals surface area contributed by atoms with E-state index in [4.69, 9.17) is 0 Å². The van der Waals surface area contributed by atoms with E-state index in [2.05, 4.69) is 74.6 Å². The van der Waals surface area contributed by atoms with Crippen LogP contribution in [-0.4, -0.2) is 85.2 Å². The summed E-state index contributed by atoms with van der Waals surface area (Å²) in [7, 11) is 0. The number of rotatable bonds is 69. The van der Waals surface area contributed by atoms with Gasteiger partial charge in [0.2, 0.25) is 0 Å². The molecule has 1 rings (SSSR count). The number of aliphatic hydroxyl groups excluding tert-OH is 2. The lowest BCUT2D eigenvalue weighted by Crippen LogP contribution is -2.44. The fourth-order valence-electron chi connectivity index (χ4n) is 13.1. The van der Waals surface area contributed by atoms with Crippen LogP contribution in [0, 0.1) is 11.8 Å². The van der Waals surface area contributed by atoms with Crippen LogP contribution in [0.25, 0.3) is 0 Å². The summed E-state index contributed by atoms with van der Waals surface area (Å²) in [6.45, 7) is 21.3. The summed E-state index contributed by atoms with van der Waals surface area (Å²) in [6.07, 6.45) is 65.6. The SMILES string of the molecule is CCCCCCCCCCCCCCNCCCCN(CC(O)CNc1c(NCC(O)CC(CCCCNC(C)CCCCCCCCCCCC)C(C)CCCCCCCCCCCC)c(=O)c1=O)C(C)CCCCCCCCCCCC. The summed E-state index contributed by atoms with van der Waals surface area (Å²) >= 11 is 0. The Kier molecular flexibility index (Phi) is 57.9. The fourth-order valence-corrected chi connectivity index (χ4v) is 13.1. The van der Waals surface area contributed by atoms with Crippen LogP contribution in [0.4, 0.5) is 11.4 Å². The van der Waals surface area contributed by atoms with Crippen molar-refractivity contribution in [3.63, 3.8) is 0 Å². The van der Waals surface area contributed by atoms with Crippen molar-refractivity contribution in [1.29, 1.82) is 0 Å². The smallest absolute Gasteiger partial charge is 0.253 e. The Labute approximate surface area is 523 Å². The van der Waals surface area contributed by atoms with E-state index >= 15 is 0 Å². The second-order valence-corrected chi connectivity index (χ2v) is 27.4. The van der Waals surface area contributed by atoms with Gasteiger partial charge in [-0.1, -0.05) is 317 Å². The molecule has 0 fully saturated rings. The molecule has 0 saturated carbocycles. The molecule has 0 aliphatic carbocycles. The summed E-state index contributed by atoms with van der Waals surface area (Å²) in [5, 5.41) is 37.0. The van der Waals surface area contributed by atoms with Crippen molar-refractivity contribution >= 4 is 11.4 Å². The van der Waals surface area contributed by atoms with Crippen LogP contribution < -0.4 is 32.1 Å². The van der Waals surface area contributed by atoms with Gasteiger partial charge in [0.25, 0.3) is 10.9 Å². The van der Waals surface area contributed by atoms with Gasteiger partial charge in [0.05, 0.1) is 12.2 Å². The number of anilines is 2. The molecule has 0 aliphatic heterocycles. The highest BCUT2D eigenvalue weighted by molar-refractivity contribution is 5.74. The predicted octanol–water partition coefficient (Wildman–Crippen LogP) is 20.3. The van der Waals surface area contributed by atoms with Crippen LogP contribution in [0.3, 0.4) is 0 Å². The Hall–Kier alpha value is -1.52. The topological polar surface area (TPSA) is 126 Å². The average Bonchev–Trinajstić information content (AvgIpc) is 2.13. The van der Waals surface area contributed by atoms with Crippen LogP contribution in [0.2, 0.25) is 0 Å². The number of hydrogen-bond acceptors (Lipinski definition) is 9. The molecule has 0 heterocycles. The minimum atomic E-state index is -0.687. The standard InChI is InChI=1S/C75H149N5O4/c1-8-12-16-20-24-28-32-33-37-41-45-50-58-76-59-52-53-61-80(68(7)56-48-44-40-36-31-27-23-19-15-11-4)65-71(82)64-79-73-72(74(83)75(73)84)78-63-70(81)62-69(66(5)54-46-42-38-34-29-25-21-17-13-9-2)57-49-51-60-77-67(6)55-47-43-39-35-30-26-22-18-14-10-3/h66-71,76-79,81-82H,8-65H2,1-7H3. The van der Waals surface area contributed by atoms with Gasteiger partial charge in [-0.3, -0.25) is 14.5 Å². The highest BCUT2D eigenvalue weighted by Gasteiger charge is 2.26. The number of nitrogens with zero attached hydrogens (tertiary/aromatic N) is 1. The van der Waals surface area contributed by atoms with Crippen molar-refractivity contribution in [3.05, 3.63) is 20.4 Å².